The molecule has 1 N–H and O–H groups in total. The molecule has 142 valence electrons. The zero-order valence-electron chi connectivity index (χ0n) is 15.6. The molecule has 0 unspecified atom stereocenters. The molecule has 2 aromatic carbocycles. The highest BCUT2D eigenvalue weighted by Crippen LogP contribution is 2.28. The topological polar surface area (TPSA) is 96.5 Å². The Hall–Kier alpha value is -2.83. The van der Waals surface area contributed by atoms with Gasteiger partial charge >= 0.3 is 0 Å². The average molecular weight is 411 g/mol. The number of benzene rings is 2. The quantitative estimate of drug-likeness (QED) is 0.486. The van der Waals surface area contributed by atoms with Crippen molar-refractivity contribution in [2.75, 3.05) is 11.1 Å². The summed E-state index contributed by atoms with van der Waals surface area (Å²) in [6.07, 6.45) is 0. The molecule has 1 aromatic heterocycles. The van der Waals surface area contributed by atoms with Crippen molar-refractivity contribution < 1.29 is 4.79 Å². The molecule has 0 saturated carbocycles. The van der Waals surface area contributed by atoms with Gasteiger partial charge in [-0.25, -0.2) is 0 Å². The Morgan fingerprint density at radius 1 is 1.18 bits per heavy atom. The Kier molecular flexibility index (Phi) is 6.34. The third-order valence-electron chi connectivity index (χ3n) is 4.05. The van der Waals surface area contributed by atoms with Crippen LogP contribution in [-0.2, 0) is 4.79 Å². The molecule has 0 spiro atoms. The maximum absolute atomic E-state index is 12.5. The molecule has 1 heterocycles. The third kappa shape index (κ3) is 4.52. The number of tetrazole rings is 1. The summed E-state index contributed by atoms with van der Waals surface area (Å²) in [4.78, 5) is 13.3. The van der Waals surface area contributed by atoms with Crippen LogP contribution in [0.5, 0.6) is 0 Å². The number of nitrogens with zero attached hydrogens (tertiary/aromatic N) is 5. The van der Waals surface area contributed by atoms with Crippen LogP contribution in [-0.4, -0.2) is 31.9 Å². The lowest BCUT2D eigenvalue weighted by atomic mass is 10.1. The molecule has 3 aromatic rings. The summed E-state index contributed by atoms with van der Waals surface area (Å²) < 4.78 is 1.64. The fourth-order valence-corrected chi connectivity index (χ4v) is 4.02. The van der Waals surface area contributed by atoms with Crippen molar-refractivity contribution in [1.29, 1.82) is 5.26 Å². The first kappa shape index (κ1) is 19.9. The van der Waals surface area contributed by atoms with Crippen molar-refractivity contribution in [1.82, 2.24) is 20.2 Å². The lowest BCUT2D eigenvalue weighted by Crippen LogP contribution is -2.16. The minimum Gasteiger partial charge on any atom is -0.325 e. The van der Waals surface area contributed by atoms with Crippen molar-refractivity contribution >= 4 is 35.1 Å². The smallest absolute Gasteiger partial charge is 0.234 e. The minimum atomic E-state index is -0.142. The number of hydrogen-bond acceptors (Lipinski definition) is 7. The fourth-order valence-electron chi connectivity index (χ4n) is 2.76. The van der Waals surface area contributed by atoms with Gasteiger partial charge < -0.3 is 5.32 Å². The Bertz CT molecular complexity index is 1030. The van der Waals surface area contributed by atoms with Crippen LogP contribution in [0.3, 0.4) is 0 Å². The van der Waals surface area contributed by atoms with E-state index in [0.29, 0.717) is 5.16 Å². The van der Waals surface area contributed by atoms with E-state index in [0.717, 1.165) is 44.7 Å². The zero-order chi connectivity index (χ0) is 20.1. The van der Waals surface area contributed by atoms with E-state index >= 15 is 0 Å². The number of nitriles is 1. The molecule has 3 rings (SSSR count). The molecule has 0 aliphatic heterocycles. The van der Waals surface area contributed by atoms with E-state index in [1.165, 1.54) is 11.8 Å². The van der Waals surface area contributed by atoms with Crippen molar-refractivity contribution in [3.8, 4) is 11.1 Å². The minimum absolute atomic E-state index is 0.142. The Morgan fingerprint density at radius 3 is 2.57 bits per heavy atom. The van der Waals surface area contributed by atoms with E-state index < -0.39 is 0 Å². The van der Waals surface area contributed by atoms with E-state index in [2.05, 4.69) is 26.2 Å². The zero-order valence-corrected chi connectivity index (χ0v) is 17.3. The van der Waals surface area contributed by atoms with Gasteiger partial charge in [0, 0.05) is 10.6 Å². The van der Waals surface area contributed by atoms with Gasteiger partial charge in [-0.15, -0.1) is 5.10 Å². The van der Waals surface area contributed by atoms with Crippen molar-refractivity contribution in [3.05, 3.63) is 53.1 Å². The maximum Gasteiger partial charge on any atom is 0.234 e. The molecular formula is C19H18N6OS2. The van der Waals surface area contributed by atoms with Crippen LogP contribution in [0.25, 0.3) is 5.69 Å². The van der Waals surface area contributed by atoms with Gasteiger partial charge in [0.25, 0.3) is 0 Å². The van der Waals surface area contributed by atoms with Crippen LogP contribution in [0, 0.1) is 31.4 Å². The molecule has 1 amide bonds. The average Bonchev–Trinajstić information content (AvgIpc) is 3.12. The monoisotopic (exact) mass is 410 g/mol. The first-order chi connectivity index (χ1) is 13.5. The first-order valence-corrected chi connectivity index (χ1v) is 10.2. The molecule has 0 bridgehead atoms. The van der Waals surface area contributed by atoms with E-state index in [1.54, 1.807) is 4.68 Å². The number of carbonyl (C=O) groups is 1. The number of thioether (sulfide) groups is 2. The van der Waals surface area contributed by atoms with Gasteiger partial charge in [-0.3, -0.25) is 4.79 Å². The summed E-state index contributed by atoms with van der Waals surface area (Å²) in [5, 5.41) is 26.2. The summed E-state index contributed by atoms with van der Waals surface area (Å²) in [5.41, 5.74) is 4.53. The highest BCUT2D eigenvalue weighted by molar-refractivity contribution is 8.03. The highest BCUT2D eigenvalue weighted by atomic mass is 32.2. The first-order valence-electron chi connectivity index (χ1n) is 8.44. The van der Waals surface area contributed by atoms with Crippen LogP contribution in [0.15, 0.2) is 46.5 Å². The maximum atomic E-state index is 12.5. The number of nitrogens with one attached hydrogen (secondary N) is 1. The molecule has 0 aliphatic rings. The van der Waals surface area contributed by atoms with Crippen molar-refractivity contribution in [3.63, 3.8) is 0 Å². The molecule has 0 saturated heterocycles. The summed E-state index contributed by atoms with van der Waals surface area (Å²) in [6.45, 7) is 5.81. The summed E-state index contributed by atoms with van der Waals surface area (Å²) in [5.74, 6) is 0.0380. The summed E-state index contributed by atoms with van der Waals surface area (Å²) in [7, 11) is 0. The molecule has 0 aliphatic carbocycles. The van der Waals surface area contributed by atoms with E-state index in [-0.39, 0.29) is 11.7 Å². The van der Waals surface area contributed by atoms with Gasteiger partial charge in [0.05, 0.1) is 11.4 Å². The van der Waals surface area contributed by atoms with Crippen molar-refractivity contribution in [2.45, 2.75) is 30.8 Å². The van der Waals surface area contributed by atoms with E-state index in [9.17, 15) is 4.79 Å². The number of amides is 1. The summed E-state index contributed by atoms with van der Waals surface area (Å²) >= 11 is 2.38. The van der Waals surface area contributed by atoms with E-state index in [1.807, 2.05) is 57.2 Å². The number of rotatable bonds is 6. The molecule has 0 fully saturated rings. The van der Waals surface area contributed by atoms with Crippen LogP contribution in [0.1, 0.15) is 16.7 Å². The van der Waals surface area contributed by atoms with E-state index in [4.69, 9.17) is 5.26 Å². The second-order valence-corrected chi connectivity index (χ2v) is 7.92. The highest BCUT2D eigenvalue weighted by Gasteiger charge is 2.14. The largest absolute Gasteiger partial charge is 0.325 e. The number of aromatic nitrogens is 4. The number of para-hydroxylation sites is 1. The number of hydrogen-bond donors (Lipinski definition) is 1. The lowest BCUT2D eigenvalue weighted by molar-refractivity contribution is -0.113. The SMILES string of the molecule is Cc1ccccc1-n1nnnc1SCC(=O)Nc1c(C)cc(SC#N)cc1C. The van der Waals surface area contributed by atoms with Crippen molar-refractivity contribution in [2.24, 2.45) is 0 Å². The van der Waals surface area contributed by atoms with Gasteiger partial charge in [0.1, 0.15) is 5.40 Å². The molecule has 7 nitrogen and oxygen atoms in total. The van der Waals surface area contributed by atoms with Gasteiger partial charge in [-0.2, -0.15) is 9.94 Å². The number of anilines is 1. The Morgan fingerprint density at radius 2 is 1.89 bits per heavy atom. The second-order valence-electron chi connectivity index (χ2n) is 6.12. The fraction of sp³-hybridized carbons (Fsp3) is 0.211. The Labute approximate surface area is 171 Å². The molecule has 0 radical (unpaired) electrons. The van der Waals surface area contributed by atoms with Crippen LogP contribution in [0.2, 0.25) is 0 Å². The predicted octanol–water partition coefficient (Wildman–Crippen LogP) is 3.89. The molecule has 0 atom stereocenters. The lowest BCUT2D eigenvalue weighted by Gasteiger charge is -2.13. The number of aryl methyl sites for hydroxylation is 3. The Balaban J connectivity index is 1.69. The van der Waals surface area contributed by atoms with Gasteiger partial charge in [-0.05, 0) is 77.8 Å². The summed E-state index contributed by atoms with van der Waals surface area (Å²) in [6, 6.07) is 11.6. The van der Waals surface area contributed by atoms with Gasteiger partial charge in [0.2, 0.25) is 11.1 Å². The number of carbonyl (C=O) groups excluding carboxylic acids is 1. The predicted molar refractivity (Wildman–Crippen MR) is 111 cm³/mol. The van der Waals surface area contributed by atoms with Crippen LogP contribution < -0.4 is 5.32 Å². The second kappa shape index (κ2) is 8.91. The number of thiocyanates is 1. The molecule has 28 heavy (non-hydrogen) atoms. The van der Waals surface area contributed by atoms with Crippen LogP contribution in [0.4, 0.5) is 5.69 Å². The molecule has 9 heteroatoms. The van der Waals surface area contributed by atoms with Gasteiger partial charge in [-0.1, -0.05) is 30.0 Å². The standard InChI is InChI=1S/C19H18N6OS2/c1-12-6-4-5-7-16(12)25-19(22-23-24-25)27-10-17(26)21-18-13(2)8-15(28-11-20)9-14(18)3/h4-9H,10H2,1-3H3,(H,21,26). The third-order valence-corrected chi connectivity index (χ3v) is 5.53. The molecular weight excluding hydrogens is 392 g/mol. The van der Waals surface area contributed by atoms with Crippen LogP contribution >= 0.6 is 23.5 Å². The normalized spacial score (nSPS) is 10.5. The van der Waals surface area contributed by atoms with Gasteiger partial charge in [0.15, 0.2) is 0 Å².